The van der Waals surface area contributed by atoms with Gasteiger partial charge < -0.3 is 15.8 Å². The van der Waals surface area contributed by atoms with Crippen LogP contribution in [0.1, 0.15) is 35.9 Å². The second-order valence-electron chi connectivity index (χ2n) is 10.7. The van der Waals surface area contributed by atoms with Crippen molar-refractivity contribution < 1.29 is 9.53 Å². The number of anilines is 2. The first-order valence-corrected chi connectivity index (χ1v) is 14.1. The number of carbonyl (C=O) groups excluding carboxylic acids is 1. The van der Waals surface area contributed by atoms with Gasteiger partial charge in [0.05, 0.1) is 24.6 Å². The van der Waals surface area contributed by atoms with Gasteiger partial charge in [-0.25, -0.2) is 18.9 Å². The molecule has 0 bridgehead atoms. The molecular formula is C31H32N8O4. The van der Waals surface area contributed by atoms with Crippen LogP contribution in [0.2, 0.25) is 0 Å². The van der Waals surface area contributed by atoms with Crippen molar-refractivity contribution in [2.24, 2.45) is 0 Å². The Hall–Kier alpha value is -5.07. The number of nitrogens with two attached hydrogens (primary N) is 1. The summed E-state index contributed by atoms with van der Waals surface area (Å²) in [7, 11) is 0. The highest BCUT2D eigenvalue weighted by Crippen LogP contribution is 2.31. The first-order chi connectivity index (χ1) is 20.8. The third kappa shape index (κ3) is 5.45. The molecule has 0 aliphatic carbocycles. The Labute approximate surface area is 247 Å². The van der Waals surface area contributed by atoms with Gasteiger partial charge in [0.2, 0.25) is 0 Å². The third-order valence-corrected chi connectivity index (χ3v) is 7.53. The molecule has 0 unspecified atom stereocenters. The molecule has 4 heterocycles. The molecule has 6 rings (SSSR count). The monoisotopic (exact) mass is 580 g/mol. The smallest absolute Gasteiger partial charge is 0.335 e. The number of ether oxygens (including phenoxy) is 1. The number of amides is 1. The highest BCUT2D eigenvalue weighted by atomic mass is 16.5. The first-order valence-electron chi connectivity index (χ1n) is 14.1. The van der Waals surface area contributed by atoms with E-state index in [-0.39, 0.29) is 11.6 Å². The minimum atomic E-state index is -0.689. The van der Waals surface area contributed by atoms with E-state index in [1.165, 1.54) is 17.1 Å². The second kappa shape index (κ2) is 11.7. The third-order valence-electron chi connectivity index (χ3n) is 7.53. The van der Waals surface area contributed by atoms with Gasteiger partial charge in [0.15, 0.2) is 5.82 Å². The van der Waals surface area contributed by atoms with Crippen molar-refractivity contribution in [2.75, 3.05) is 37.4 Å². The van der Waals surface area contributed by atoms with Crippen LogP contribution in [0, 0.1) is 0 Å². The summed E-state index contributed by atoms with van der Waals surface area (Å²) in [5.41, 5.74) is 9.26. The molecule has 43 heavy (non-hydrogen) atoms. The van der Waals surface area contributed by atoms with Crippen molar-refractivity contribution in [3.8, 4) is 16.8 Å². The fourth-order valence-electron chi connectivity index (χ4n) is 5.29. The maximum atomic E-state index is 13.4. The molecular weight excluding hydrogens is 548 g/mol. The molecule has 3 N–H and O–H groups in total. The van der Waals surface area contributed by atoms with Gasteiger partial charge in [-0.3, -0.25) is 19.1 Å². The van der Waals surface area contributed by atoms with Crippen molar-refractivity contribution >= 4 is 22.9 Å². The number of aromatic nitrogens is 5. The second-order valence-corrected chi connectivity index (χ2v) is 10.7. The summed E-state index contributed by atoms with van der Waals surface area (Å²) in [6.07, 6.45) is 2.77. The Kier molecular flexibility index (Phi) is 7.61. The highest BCUT2D eigenvalue weighted by molar-refractivity contribution is 6.04. The Morgan fingerprint density at radius 3 is 2.47 bits per heavy atom. The quantitative estimate of drug-likeness (QED) is 0.299. The van der Waals surface area contributed by atoms with Crippen LogP contribution in [-0.4, -0.2) is 60.8 Å². The Morgan fingerprint density at radius 2 is 1.77 bits per heavy atom. The summed E-state index contributed by atoms with van der Waals surface area (Å²) in [5.74, 6) is -0.248. The van der Waals surface area contributed by atoms with Gasteiger partial charge in [-0.05, 0) is 49.7 Å². The Morgan fingerprint density at radius 1 is 1.05 bits per heavy atom. The SMILES string of the molecule is CC(C)n1cc(C(=O)Nc2ccc(-c3cc(CN4CCOCC4)n4ncnc(N)c34)cc2)c(=O)n(-c2ccccc2)c1=O. The maximum absolute atomic E-state index is 13.4. The number of benzene rings is 2. The first kappa shape index (κ1) is 28.1. The minimum absolute atomic E-state index is 0.141. The summed E-state index contributed by atoms with van der Waals surface area (Å²) < 4.78 is 9.71. The van der Waals surface area contributed by atoms with Crippen molar-refractivity contribution in [1.82, 2.24) is 28.6 Å². The molecule has 5 aromatic rings. The van der Waals surface area contributed by atoms with Crippen LogP contribution in [0.15, 0.2) is 82.8 Å². The topological polar surface area (TPSA) is 142 Å². The van der Waals surface area contributed by atoms with Crippen LogP contribution in [0.25, 0.3) is 22.3 Å². The number of nitrogens with zero attached hydrogens (tertiary/aromatic N) is 6. The van der Waals surface area contributed by atoms with Gasteiger partial charge >= 0.3 is 5.69 Å². The maximum Gasteiger partial charge on any atom is 0.335 e. The number of para-hydroxylation sites is 1. The van der Waals surface area contributed by atoms with Gasteiger partial charge in [0.1, 0.15) is 17.4 Å². The van der Waals surface area contributed by atoms with E-state index in [0.29, 0.717) is 42.5 Å². The highest BCUT2D eigenvalue weighted by Gasteiger charge is 2.21. The zero-order chi connectivity index (χ0) is 30.1. The fraction of sp³-hybridized carbons (Fsp3) is 0.258. The zero-order valence-electron chi connectivity index (χ0n) is 23.9. The van der Waals surface area contributed by atoms with Crippen LogP contribution >= 0.6 is 0 Å². The predicted octanol–water partition coefficient (Wildman–Crippen LogP) is 2.96. The lowest BCUT2D eigenvalue weighted by Gasteiger charge is -2.26. The van der Waals surface area contributed by atoms with E-state index in [0.717, 1.165) is 34.5 Å². The van der Waals surface area contributed by atoms with E-state index < -0.39 is 17.2 Å². The van der Waals surface area contributed by atoms with E-state index >= 15 is 0 Å². The van der Waals surface area contributed by atoms with Gasteiger partial charge in [-0.1, -0.05) is 30.3 Å². The van der Waals surface area contributed by atoms with Crippen LogP contribution < -0.4 is 22.3 Å². The van der Waals surface area contributed by atoms with Gasteiger partial charge in [0, 0.05) is 43.1 Å². The van der Waals surface area contributed by atoms with Crippen molar-refractivity contribution in [1.29, 1.82) is 0 Å². The molecule has 12 heteroatoms. The number of carbonyl (C=O) groups is 1. The predicted molar refractivity (Wildman–Crippen MR) is 164 cm³/mol. The Balaban J connectivity index is 1.31. The number of morpholine rings is 1. The summed E-state index contributed by atoms with van der Waals surface area (Å²) in [5, 5.41) is 7.27. The number of nitrogens with one attached hydrogen (secondary N) is 1. The van der Waals surface area contributed by atoms with Crippen molar-refractivity contribution in [3.63, 3.8) is 0 Å². The van der Waals surface area contributed by atoms with E-state index in [9.17, 15) is 14.4 Å². The van der Waals surface area contributed by atoms with Crippen LogP contribution in [0.4, 0.5) is 11.5 Å². The van der Waals surface area contributed by atoms with Gasteiger partial charge in [-0.15, -0.1) is 0 Å². The average Bonchev–Trinajstić information content (AvgIpc) is 3.38. The van der Waals surface area contributed by atoms with Crippen molar-refractivity contribution in [2.45, 2.75) is 26.4 Å². The minimum Gasteiger partial charge on any atom is -0.382 e. The summed E-state index contributed by atoms with van der Waals surface area (Å²) in [6.45, 7) is 7.38. The molecule has 220 valence electrons. The number of hydrogen-bond acceptors (Lipinski definition) is 8. The fourth-order valence-corrected chi connectivity index (χ4v) is 5.29. The molecule has 2 aromatic carbocycles. The molecule has 1 saturated heterocycles. The molecule has 1 aliphatic rings. The summed E-state index contributed by atoms with van der Waals surface area (Å²) in [4.78, 5) is 46.4. The van der Waals surface area contributed by atoms with E-state index in [1.54, 1.807) is 42.5 Å². The lowest BCUT2D eigenvalue weighted by atomic mass is 10.1. The number of rotatable bonds is 7. The number of nitrogen functional groups attached to an aromatic ring is 1. The van der Waals surface area contributed by atoms with Crippen molar-refractivity contribution in [3.05, 3.63) is 105 Å². The molecule has 0 atom stereocenters. The molecule has 3 aromatic heterocycles. The van der Waals surface area contributed by atoms with Crippen LogP contribution in [-0.2, 0) is 11.3 Å². The molecule has 0 spiro atoms. The zero-order valence-corrected chi connectivity index (χ0v) is 23.9. The standard InChI is InChI=1S/C31H32N8O4/c1-20(2)37-18-26(30(41)38(31(37)42)23-6-4-3-5-7-23)29(40)35-22-10-8-21(9-11-22)25-16-24(17-36-12-14-43-15-13-36)39-27(25)28(32)33-19-34-39/h3-11,16,18-20H,12-15,17H2,1-2H3,(H,35,40)(H2,32,33,34). The lowest BCUT2D eigenvalue weighted by molar-refractivity contribution is 0.0334. The molecule has 0 saturated carbocycles. The lowest BCUT2D eigenvalue weighted by Crippen LogP contribution is -2.42. The normalized spacial score (nSPS) is 13.9. The van der Waals surface area contributed by atoms with E-state index in [4.69, 9.17) is 10.5 Å². The summed E-state index contributed by atoms with van der Waals surface area (Å²) >= 11 is 0. The molecule has 12 nitrogen and oxygen atoms in total. The average molecular weight is 581 g/mol. The molecule has 1 fully saturated rings. The van der Waals surface area contributed by atoms with E-state index in [1.807, 2.05) is 30.5 Å². The number of fused-ring (bicyclic) bond motifs is 1. The summed E-state index contributed by atoms with van der Waals surface area (Å²) in [6, 6.07) is 17.6. The molecule has 1 aliphatic heterocycles. The number of hydrogen-bond donors (Lipinski definition) is 2. The Bertz CT molecular complexity index is 1900. The molecule has 1 amide bonds. The van der Waals surface area contributed by atoms with Gasteiger partial charge in [0.25, 0.3) is 11.5 Å². The molecule has 0 radical (unpaired) electrons. The van der Waals surface area contributed by atoms with Gasteiger partial charge in [-0.2, -0.15) is 5.10 Å². The van der Waals surface area contributed by atoms with Crippen LogP contribution in [0.3, 0.4) is 0 Å². The largest absolute Gasteiger partial charge is 0.382 e. The van der Waals surface area contributed by atoms with E-state index in [2.05, 4.69) is 26.4 Å². The van der Waals surface area contributed by atoms with Crippen LogP contribution in [0.5, 0.6) is 0 Å².